The summed E-state index contributed by atoms with van der Waals surface area (Å²) in [5, 5.41) is 0. The average molecular weight is 249 g/mol. The zero-order valence-corrected chi connectivity index (χ0v) is 10.9. The van der Waals surface area contributed by atoms with Gasteiger partial charge in [0.2, 0.25) is 0 Å². The largest absolute Gasteiger partial charge is 0.493 e. The Labute approximate surface area is 107 Å². The van der Waals surface area contributed by atoms with Gasteiger partial charge in [0, 0.05) is 11.1 Å². The van der Waals surface area contributed by atoms with Gasteiger partial charge in [-0.1, -0.05) is 12.8 Å². The third-order valence-corrected chi connectivity index (χ3v) is 3.71. The fourth-order valence-electron chi connectivity index (χ4n) is 2.70. The summed E-state index contributed by atoms with van der Waals surface area (Å²) in [6, 6.07) is 3.54. The Morgan fingerprint density at radius 2 is 1.72 bits per heavy atom. The molecule has 18 heavy (non-hydrogen) atoms. The molecular formula is C14H19NO3. The van der Waals surface area contributed by atoms with Gasteiger partial charge in [0.1, 0.15) is 0 Å². The first-order chi connectivity index (χ1) is 8.64. The topological polar surface area (TPSA) is 61.5 Å². The number of hydrogen-bond donors (Lipinski definition) is 1. The molecular weight excluding hydrogens is 230 g/mol. The molecule has 0 bridgehead atoms. The third-order valence-electron chi connectivity index (χ3n) is 3.71. The molecule has 4 heteroatoms. The van der Waals surface area contributed by atoms with Crippen molar-refractivity contribution < 1.29 is 14.3 Å². The quantitative estimate of drug-likeness (QED) is 0.831. The second-order valence-electron chi connectivity index (χ2n) is 4.78. The van der Waals surface area contributed by atoms with Crippen molar-refractivity contribution in [3.05, 3.63) is 23.3 Å². The summed E-state index contributed by atoms with van der Waals surface area (Å²) in [4.78, 5) is 11.2. The molecule has 0 spiro atoms. The van der Waals surface area contributed by atoms with Gasteiger partial charge < -0.3 is 15.2 Å². The van der Waals surface area contributed by atoms with Crippen LogP contribution in [0, 0.1) is 0 Å². The van der Waals surface area contributed by atoms with Crippen molar-refractivity contribution in [1.82, 2.24) is 0 Å². The molecule has 0 unspecified atom stereocenters. The van der Waals surface area contributed by atoms with E-state index in [0.29, 0.717) is 17.1 Å². The van der Waals surface area contributed by atoms with Crippen LogP contribution in [0.25, 0.3) is 0 Å². The van der Waals surface area contributed by atoms with Crippen molar-refractivity contribution in [2.24, 2.45) is 5.73 Å². The molecule has 0 saturated heterocycles. The lowest BCUT2D eigenvalue weighted by molar-refractivity contribution is 0.112. The van der Waals surface area contributed by atoms with Crippen LogP contribution in [0.3, 0.4) is 0 Å². The summed E-state index contributed by atoms with van der Waals surface area (Å²) >= 11 is 0. The standard InChI is InChI=1S/C14H19NO3/c1-17-12-7-10(9-16)11(8-13(12)18-2)14(15)5-3-4-6-14/h7-9H,3-6,15H2,1-2H3. The van der Waals surface area contributed by atoms with Crippen LogP contribution < -0.4 is 15.2 Å². The normalized spacial score (nSPS) is 17.5. The molecule has 1 aliphatic carbocycles. The molecule has 0 heterocycles. The first-order valence-electron chi connectivity index (χ1n) is 6.15. The van der Waals surface area contributed by atoms with E-state index in [1.807, 2.05) is 6.07 Å². The van der Waals surface area contributed by atoms with Gasteiger partial charge in [-0.3, -0.25) is 4.79 Å². The number of carbonyl (C=O) groups is 1. The van der Waals surface area contributed by atoms with E-state index < -0.39 is 5.54 Å². The molecule has 0 aromatic heterocycles. The fraction of sp³-hybridized carbons (Fsp3) is 0.500. The number of methoxy groups -OCH3 is 2. The van der Waals surface area contributed by atoms with Crippen LogP contribution in [0.1, 0.15) is 41.6 Å². The summed E-state index contributed by atoms with van der Waals surface area (Å²) in [6.45, 7) is 0. The van der Waals surface area contributed by atoms with Gasteiger partial charge in [-0.25, -0.2) is 0 Å². The first-order valence-corrected chi connectivity index (χ1v) is 6.15. The van der Waals surface area contributed by atoms with Crippen molar-refractivity contribution in [1.29, 1.82) is 0 Å². The van der Waals surface area contributed by atoms with Gasteiger partial charge in [-0.15, -0.1) is 0 Å². The number of rotatable bonds is 4. The molecule has 2 N–H and O–H groups in total. The molecule has 0 radical (unpaired) electrons. The average Bonchev–Trinajstić information content (AvgIpc) is 2.85. The van der Waals surface area contributed by atoms with E-state index >= 15 is 0 Å². The Balaban J connectivity index is 2.54. The second-order valence-corrected chi connectivity index (χ2v) is 4.78. The lowest BCUT2D eigenvalue weighted by Gasteiger charge is -2.26. The highest BCUT2D eigenvalue weighted by Crippen LogP contribution is 2.41. The Hall–Kier alpha value is -1.55. The molecule has 1 saturated carbocycles. The highest BCUT2D eigenvalue weighted by Gasteiger charge is 2.34. The number of nitrogens with two attached hydrogens (primary N) is 1. The van der Waals surface area contributed by atoms with Crippen LogP contribution in [-0.2, 0) is 5.54 Å². The van der Waals surface area contributed by atoms with Crippen LogP contribution >= 0.6 is 0 Å². The van der Waals surface area contributed by atoms with E-state index in [1.54, 1.807) is 20.3 Å². The predicted molar refractivity (Wildman–Crippen MR) is 69.3 cm³/mol. The summed E-state index contributed by atoms with van der Waals surface area (Å²) in [7, 11) is 3.14. The smallest absolute Gasteiger partial charge is 0.161 e. The Morgan fingerprint density at radius 3 is 2.22 bits per heavy atom. The molecule has 1 aromatic carbocycles. The van der Waals surface area contributed by atoms with E-state index in [2.05, 4.69) is 0 Å². The molecule has 0 aliphatic heterocycles. The molecule has 1 fully saturated rings. The summed E-state index contributed by atoms with van der Waals surface area (Å²) in [6.07, 6.45) is 4.85. The molecule has 0 amide bonds. The zero-order chi connectivity index (χ0) is 13.2. The van der Waals surface area contributed by atoms with E-state index in [1.165, 1.54) is 0 Å². The third kappa shape index (κ3) is 2.08. The molecule has 1 aromatic rings. The van der Waals surface area contributed by atoms with Crippen molar-refractivity contribution in [3.8, 4) is 11.5 Å². The maximum atomic E-state index is 11.2. The van der Waals surface area contributed by atoms with Gasteiger partial charge in [-0.05, 0) is 30.5 Å². The van der Waals surface area contributed by atoms with Gasteiger partial charge in [0.05, 0.1) is 14.2 Å². The van der Waals surface area contributed by atoms with E-state index in [0.717, 1.165) is 37.5 Å². The molecule has 2 rings (SSSR count). The maximum Gasteiger partial charge on any atom is 0.161 e. The van der Waals surface area contributed by atoms with Crippen LogP contribution in [0.5, 0.6) is 11.5 Å². The minimum Gasteiger partial charge on any atom is -0.493 e. The van der Waals surface area contributed by atoms with Crippen molar-refractivity contribution >= 4 is 6.29 Å². The van der Waals surface area contributed by atoms with Crippen LogP contribution in [0.4, 0.5) is 0 Å². The number of aldehydes is 1. The van der Waals surface area contributed by atoms with Crippen LogP contribution in [0.15, 0.2) is 12.1 Å². The molecule has 98 valence electrons. The SMILES string of the molecule is COc1cc(C=O)c(C2(N)CCCC2)cc1OC. The minimum atomic E-state index is -0.407. The lowest BCUT2D eigenvalue weighted by Crippen LogP contribution is -2.34. The Morgan fingerprint density at radius 1 is 1.17 bits per heavy atom. The van der Waals surface area contributed by atoms with Crippen molar-refractivity contribution in [2.75, 3.05) is 14.2 Å². The van der Waals surface area contributed by atoms with Gasteiger partial charge in [-0.2, -0.15) is 0 Å². The lowest BCUT2D eigenvalue weighted by atomic mass is 9.86. The molecule has 1 aliphatic rings. The summed E-state index contributed by atoms with van der Waals surface area (Å²) in [5.41, 5.74) is 7.47. The van der Waals surface area contributed by atoms with Crippen molar-refractivity contribution in [3.63, 3.8) is 0 Å². The number of ether oxygens (including phenoxy) is 2. The highest BCUT2D eigenvalue weighted by atomic mass is 16.5. The number of carbonyl (C=O) groups excluding carboxylic acids is 1. The molecule has 0 atom stereocenters. The van der Waals surface area contributed by atoms with Crippen molar-refractivity contribution in [2.45, 2.75) is 31.2 Å². The Kier molecular flexibility index (Phi) is 3.57. The highest BCUT2D eigenvalue weighted by molar-refractivity contribution is 5.80. The summed E-state index contributed by atoms with van der Waals surface area (Å²) < 4.78 is 10.5. The molecule has 4 nitrogen and oxygen atoms in total. The predicted octanol–water partition coefficient (Wildman–Crippen LogP) is 2.24. The minimum absolute atomic E-state index is 0.407. The number of benzene rings is 1. The monoisotopic (exact) mass is 249 g/mol. The van der Waals surface area contributed by atoms with E-state index in [4.69, 9.17) is 15.2 Å². The van der Waals surface area contributed by atoms with Gasteiger partial charge >= 0.3 is 0 Å². The Bertz CT molecular complexity index is 451. The van der Waals surface area contributed by atoms with E-state index in [9.17, 15) is 4.79 Å². The van der Waals surface area contributed by atoms with Gasteiger partial charge in [0.15, 0.2) is 17.8 Å². The maximum absolute atomic E-state index is 11.2. The van der Waals surface area contributed by atoms with Crippen LogP contribution in [-0.4, -0.2) is 20.5 Å². The second kappa shape index (κ2) is 4.98. The van der Waals surface area contributed by atoms with Crippen LogP contribution in [0.2, 0.25) is 0 Å². The summed E-state index contributed by atoms with van der Waals surface area (Å²) in [5.74, 6) is 1.18. The van der Waals surface area contributed by atoms with Gasteiger partial charge in [0.25, 0.3) is 0 Å². The zero-order valence-electron chi connectivity index (χ0n) is 10.9. The van der Waals surface area contributed by atoms with E-state index in [-0.39, 0.29) is 0 Å². The fourth-order valence-corrected chi connectivity index (χ4v) is 2.70. The first kappa shape index (κ1) is 12.9. The number of hydrogen-bond acceptors (Lipinski definition) is 4.